The molecule has 0 spiro atoms. The second-order valence-corrected chi connectivity index (χ2v) is 3.96. The van der Waals surface area contributed by atoms with E-state index in [1.54, 1.807) is 4.90 Å². The minimum Gasteiger partial charge on any atom is -0.338 e. The molecule has 0 bridgehead atoms. The summed E-state index contributed by atoms with van der Waals surface area (Å²) in [5.74, 6) is 0.0725. The molecule has 2 rings (SSSR count). The number of fused-ring (bicyclic) bond motifs is 1. The molecule has 0 aromatic heterocycles. The van der Waals surface area contributed by atoms with Gasteiger partial charge < -0.3 is 4.90 Å². The van der Waals surface area contributed by atoms with Gasteiger partial charge in [0.15, 0.2) is 0 Å². The molecule has 0 saturated heterocycles. The fourth-order valence-corrected chi connectivity index (χ4v) is 2.08. The van der Waals surface area contributed by atoms with Crippen LogP contribution in [0.5, 0.6) is 0 Å². The van der Waals surface area contributed by atoms with E-state index >= 15 is 0 Å². The number of carbonyl (C=O) groups excluding carboxylic acids is 1. The second kappa shape index (κ2) is 4.80. The number of benzene rings is 1. The van der Waals surface area contributed by atoms with Gasteiger partial charge in [0.05, 0.1) is 12.5 Å². The molecule has 1 aliphatic rings. The molecule has 0 aliphatic carbocycles. The Kier molecular flexibility index (Phi) is 3.21. The van der Waals surface area contributed by atoms with Crippen molar-refractivity contribution in [1.82, 2.24) is 4.90 Å². The summed E-state index contributed by atoms with van der Waals surface area (Å²) in [6.45, 7) is 1.30. The zero-order valence-corrected chi connectivity index (χ0v) is 9.15. The van der Waals surface area contributed by atoms with Crippen molar-refractivity contribution >= 4 is 5.91 Å². The largest absolute Gasteiger partial charge is 0.338 e. The molecule has 0 N–H and O–H groups in total. The highest BCUT2D eigenvalue weighted by Gasteiger charge is 2.21. The molecule has 0 fully saturated rings. The third-order valence-corrected chi connectivity index (χ3v) is 2.90. The second-order valence-electron chi connectivity index (χ2n) is 3.96. The highest BCUT2D eigenvalue weighted by atomic mass is 16.2. The first kappa shape index (κ1) is 10.7. The first-order valence-corrected chi connectivity index (χ1v) is 5.57. The van der Waals surface area contributed by atoms with Crippen LogP contribution in [0.25, 0.3) is 0 Å². The summed E-state index contributed by atoms with van der Waals surface area (Å²) in [4.78, 5) is 13.9. The number of hydrogen-bond acceptors (Lipinski definition) is 2. The molecule has 82 valence electrons. The van der Waals surface area contributed by atoms with E-state index in [0.29, 0.717) is 13.0 Å². The van der Waals surface area contributed by atoms with E-state index in [2.05, 4.69) is 6.07 Å². The van der Waals surface area contributed by atoms with Gasteiger partial charge in [0.25, 0.3) is 5.91 Å². The highest BCUT2D eigenvalue weighted by Crippen LogP contribution is 2.18. The number of carbonyl (C=O) groups is 1. The Bertz CT molecular complexity index is 434. The fraction of sp³-hybridized carbons (Fsp3) is 0.385. The van der Waals surface area contributed by atoms with Gasteiger partial charge in [0.2, 0.25) is 0 Å². The van der Waals surface area contributed by atoms with E-state index in [9.17, 15) is 4.79 Å². The zero-order valence-electron chi connectivity index (χ0n) is 9.15. The molecular weight excluding hydrogens is 200 g/mol. The lowest BCUT2D eigenvalue weighted by Gasteiger charge is -2.19. The van der Waals surface area contributed by atoms with Crippen molar-refractivity contribution in [1.29, 1.82) is 5.26 Å². The van der Waals surface area contributed by atoms with E-state index in [1.165, 1.54) is 0 Å². The van der Waals surface area contributed by atoms with Crippen LogP contribution in [0.2, 0.25) is 0 Å². The van der Waals surface area contributed by atoms with E-state index in [4.69, 9.17) is 5.26 Å². The van der Waals surface area contributed by atoms with Gasteiger partial charge in [-0.25, -0.2) is 0 Å². The zero-order chi connectivity index (χ0) is 11.4. The normalized spacial score (nSPS) is 15.2. The van der Waals surface area contributed by atoms with Crippen LogP contribution in [0, 0.1) is 11.3 Å². The minimum atomic E-state index is 0.0725. The van der Waals surface area contributed by atoms with Crippen molar-refractivity contribution in [2.75, 3.05) is 13.1 Å². The van der Waals surface area contributed by atoms with E-state index in [-0.39, 0.29) is 5.91 Å². The third kappa shape index (κ3) is 2.06. The molecule has 3 heteroatoms. The quantitative estimate of drug-likeness (QED) is 0.755. The Balaban J connectivity index is 2.24. The Morgan fingerprint density at radius 1 is 1.38 bits per heavy atom. The first-order chi connectivity index (χ1) is 7.83. The predicted molar refractivity (Wildman–Crippen MR) is 60.9 cm³/mol. The van der Waals surface area contributed by atoms with E-state index in [0.717, 1.165) is 30.5 Å². The number of aryl methyl sites for hydroxylation is 1. The molecule has 1 aromatic rings. The number of nitrogens with zero attached hydrogens (tertiary/aromatic N) is 2. The Labute approximate surface area is 95.3 Å². The SMILES string of the molecule is N#CCCN1CCCc2ccccc2C1=O. The Morgan fingerprint density at radius 2 is 2.19 bits per heavy atom. The molecule has 16 heavy (non-hydrogen) atoms. The predicted octanol–water partition coefficient (Wildman–Crippen LogP) is 1.99. The fourth-order valence-electron chi connectivity index (χ4n) is 2.08. The summed E-state index contributed by atoms with van der Waals surface area (Å²) < 4.78 is 0. The van der Waals surface area contributed by atoms with Crippen molar-refractivity contribution in [3.8, 4) is 6.07 Å². The van der Waals surface area contributed by atoms with Crippen LogP contribution >= 0.6 is 0 Å². The van der Waals surface area contributed by atoms with Crippen LogP contribution in [0.3, 0.4) is 0 Å². The molecule has 1 amide bonds. The van der Waals surface area contributed by atoms with Crippen LogP contribution < -0.4 is 0 Å². The maximum Gasteiger partial charge on any atom is 0.254 e. The third-order valence-electron chi connectivity index (χ3n) is 2.90. The average Bonchev–Trinajstić information content (AvgIpc) is 2.47. The maximum atomic E-state index is 12.2. The van der Waals surface area contributed by atoms with Gasteiger partial charge in [0.1, 0.15) is 0 Å². The average molecular weight is 214 g/mol. The minimum absolute atomic E-state index is 0.0725. The smallest absolute Gasteiger partial charge is 0.254 e. The van der Waals surface area contributed by atoms with E-state index in [1.807, 2.05) is 24.3 Å². The molecule has 0 unspecified atom stereocenters. The molecule has 3 nitrogen and oxygen atoms in total. The topological polar surface area (TPSA) is 44.1 Å². The van der Waals surface area contributed by atoms with Crippen molar-refractivity contribution in [3.63, 3.8) is 0 Å². The molecule has 1 aliphatic heterocycles. The van der Waals surface area contributed by atoms with Gasteiger partial charge in [-0.3, -0.25) is 4.79 Å². The van der Waals surface area contributed by atoms with Gasteiger partial charge >= 0.3 is 0 Å². The standard InChI is InChI=1S/C13H14N2O/c14-8-4-10-15-9-3-6-11-5-1-2-7-12(11)13(15)16/h1-2,5,7H,3-4,6,9-10H2. The van der Waals surface area contributed by atoms with Gasteiger partial charge in [-0.05, 0) is 24.5 Å². The van der Waals surface area contributed by atoms with Gasteiger partial charge in [0, 0.05) is 18.7 Å². The number of amides is 1. The van der Waals surface area contributed by atoms with Gasteiger partial charge in [-0.2, -0.15) is 5.26 Å². The van der Waals surface area contributed by atoms with Crippen LogP contribution in [0.1, 0.15) is 28.8 Å². The molecular formula is C13H14N2O. The first-order valence-electron chi connectivity index (χ1n) is 5.57. The summed E-state index contributed by atoms with van der Waals surface area (Å²) in [6, 6.07) is 9.84. The number of rotatable bonds is 2. The molecule has 0 saturated carbocycles. The van der Waals surface area contributed by atoms with Gasteiger partial charge in [-0.1, -0.05) is 18.2 Å². The van der Waals surface area contributed by atoms with Crippen molar-refractivity contribution in [2.24, 2.45) is 0 Å². The van der Waals surface area contributed by atoms with Crippen LogP contribution in [0.4, 0.5) is 0 Å². The van der Waals surface area contributed by atoms with Crippen LogP contribution in [0.15, 0.2) is 24.3 Å². The van der Waals surface area contributed by atoms with Gasteiger partial charge in [-0.15, -0.1) is 0 Å². The Morgan fingerprint density at radius 3 is 3.00 bits per heavy atom. The van der Waals surface area contributed by atoms with Crippen molar-refractivity contribution < 1.29 is 4.79 Å². The summed E-state index contributed by atoms with van der Waals surface area (Å²) in [6.07, 6.45) is 2.34. The Hall–Kier alpha value is -1.82. The van der Waals surface area contributed by atoms with Crippen molar-refractivity contribution in [3.05, 3.63) is 35.4 Å². The molecule has 1 heterocycles. The molecule has 1 aromatic carbocycles. The number of nitriles is 1. The maximum absolute atomic E-state index is 12.2. The van der Waals surface area contributed by atoms with E-state index < -0.39 is 0 Å². The molecule has 0 atom stereocenters. The summed E-state index contributed by atoms with van der Waals surface area (Å²) >= 11 is 0. The highest BCUT2D eigenvalue weighted by molar-refractivity contribution is 5.96. The lowest BCUT2D eigenvalue weighted by Crippen LogP contribution is -2.31. The lowest BCUT2D eigenvalue weighted by molar-refractivity contribution is 0.0764. The summed E-state index contributed by atoms with van der Waals surface area (Å²) in [5.41, 5.74) is 1.94. The summed E-state index contributed by atoms with van der Waals surface area (Å²) in [5, 5.41) is 8.56. The monoisotopic (exact) mass is 214 g/mol. The van der Waals surface area contributed by atoms with Crippen LogP contribution in [-0.2, 0) is 6.42 Å². The lowest BCUT2D eigenvalue weighted by atomic mass is 10.0. The number of hydrogen-bond donors (Lipinski definition) is 0. The van der Waals surface area contributed by atoms with Crippen LogP contribution in [-0.4, -0.2) is 23.9 Å². The molecule has 0 radical (unpaired) electrons. The van der Waals surface area contributed by atoms with Crippen molar-refractivity contribution in [2.45, 2.75) is 19.3 Å². The summed E-state index contributed by atoms with van der Waals surface area (Å²) in [7, 11) is 0.